The van der Waals surface area contributed by atoms with Gasteiger partial charge in [-0.2, -0.15) is 0 Å². The molecule has 0 saturated carbocycles. The average Bonchev–Trinajstić information content (AvgIpc) is 2.39. The van der Waals surface area contributed by atoms with E-state index in [4.69, 9.17) is 0 Å². The zero-order chi connectivity index (χ0) is 12.3. The highest BCUT2D eigenvalue weighted by Gasteiger charge is 2.10. The van der Waals surface area contributed by atoms with Crippen molar-refractivity contribution in [2.75, 3.05) is 0 Å². The van der Waals surface area contributed by atoms with Crippen molar-refractivity contribution in [3.63, 3.8) is 0 Å². The number of carbonyl (C=O) groups is 1. The minimum absolute atomic E-state index is 0.0996. The van der Waals surface area contributed by atoms with E-state index >= 15 is 0 Å². The number of rotatable bonds is 3. The number of hydrogen-bond acceptors (Lipinski definition) is 2. The van der Waals surface area contributed by atoms with Gasteiger partial charge in [0.15, 0.2) is 5.78 Å². The van der Waals surface area contributed by atoms with Crippen molar-refractivity contribution in [1.82, 2.24) is 4.98 Å². The average molecular weight is 225 g/mol. The van der Waals surface area contributed by atoms with E-state index in [2.05, 4.69) is 4.98 Å². The van der Waals surface area contributed by atoms with E-state index in [1.807, 2.05) is 50.3 Å². The van der Waals surface area contributed by atoms with Crippen molar-refractivity contribution in [1.29, 1.82) is 0 Å². The van der Waals surface area contributed by atoms with Gasteiger partial charge in [-0.1, -0.05) is 31.2 Å². The molecule has 0 aliphatic rings. The summed E-state index contributed by atoms with van der Waals surface area (Å²) in [6.07, 6.45) is 4.38. The Hall–Kier alpha value is -1.96. The second-order valence-corrected chi connectivity index (χ2v) is 3.91. The summed E-state index contributed by atoms with van der Waals surface area (Å²) in [6.45, 7) is 3.89. The number of allylic oxidation sites excluding steroid dienone is 2. The molecule has 0 amide bonds. The Kier molecular flexibility index (Phi) is 3.33. The molecule has 0 unspecified atom stereocenters. The first-order valence-corrected chi connectivity index (χ1v) is 5.81. The summed E-state index contributed by atoms with van der Waals surface area (Å²) in [6, 6.07) is 9.56. The van der Waals surface area contributed by atoms with Crippen LogP contribution >= 0.6 is 0 Å². The summed E-state index contributed by atoms with van der Waals surface area (Å²) in [4.78, 5) is 16.4. The second-order valence-electron chi connectivity index (χ2n) is 3.91. The van der Waals surface area contributed by atoms with Crippen molar-refractivity contribution in [2.45, 2.75) is 20.3 Å². The summed E-state index contributed by atoms with van der Waals surface area (Å²) >= 11 is 0. The van der Waals surface area contributed by atoms with Gasteiger partial charge in [0.25, 0.3) is 0 Å². The number of benzene rings is 1. The van der Waals surface area contributed by atoms with Crippen molar-refractivity contribution < 1.29 is 4.79 Å². The van der Waals surface area contributed by atoms with Crippen LogP contribution < -0.4 is 0 Å². The van der Waals surface area contributed by atoms with E-state index in [1.54, 1.807) is 6.20 Å². The van der Waals surface area contributed by atoms with Crippen LogP contribution in [0.2, 0.25) is 0 Å². The molecule has 0 aliphatic heterocycles. The predicted octanol–water partition coefficient (Wildman–Crippen LogP) is 3.77. The number of nitrogens with zero attached hydrogens (tertiary/aromatic N) is 1. The third kappa shape index (κ3) is 2.26. The van der Waals surface area contributed by atoms with Crippen molar-refractivity contribution in [3.8, 4) is 0 Å². The van der Waals surface area contributed by atoms with E-state index in [0.29, 0.717) is 5.56 Å². The Morgan fingerprint density at radius 2 is 2.18 bits per heavy atom. The first kappa shape index (κ1) is 11.5. The van der Waals surface area contributed by atoms with Crippen LogP contribution in [-0.2, 0) is 0 Å². The first-order chi connectivity index (χ1) is 8.26. The quantitative estimate of drug-likeness (QED) is 0.588. The van der Waals surface area contributed by atoms with Crippen LogP contribution in [0, 0.1) is 0 Å². The number of carbonyl (C=O) groups excluding carboxylic acids is 1. The zero-order valence-corrected chi connectivity index (χ0v) is 10.1. The Balaban J connectivity index is 2.46. The molecule has 0 saturated heterocycles. The summed E-state index contributed by atoms with van der Waals surface area (Å²) in [5.41, 5.74) is 2.43. The molecule has 0 fully saturated rings. The first-order valence-electron chi connectivity index (χ1n) is 5.81. The molecule has 0 N–H and O–H groups in total. The summed E-state index contributed by atoms with van der Waals surface area (Å²) < 4.78 is 0. The van der Waals surface area contributed by atoms with Crippen molar-refractivity contribution in [2.24, 2.45) is 0 Å². The molecule has 0 atom stereocenters. The minimum Gasteiger partial charge on any atom is -0.289 e. The summed E-state index contributed by atoms with van der Waals surface area (Å²) in [7, 11) is 0. The molecule has 0 bridgehead atoms. The highest BCUT2D eigenvalue weighted by molar-refractivity contribution is 6.10. The van der Waals surface area contributed by atoms with Gasteiger partial charge < -0.3 is 0 Å². The van der Waals surface area contributed by atoms with Crippen LogP contribution in [0.3, 0.4) is 0 Å². The fourth-order valence-corrected chi connectivity index (χ4v) is 1.89. The van der Waals surface area contributed by atoms with Gasteiger partial charge in [0.1, 0.15) is 0 Å². The Morgan fingerprint density at radius 3 is 2.88 bits per heavy atom. The summed E-state index contributed by atoms with van der Waals surface area (Å²) in [5.74, 6) is 0.0996. The van der Waals surface area contributed by atoms with Crippen LogP contribution in [0.1, 0.15) is 30.6 Å². The maximum Gasteiger partial charge on any atom is 0.188 e. The fraction of sp³-hybridized carbons (Fsp3) is 0.200. The van der Waals surface area contributed by atoms with Crippen LogP contribution in [0.5, 0.6) is 0 Å². The molecular formula is C15H15NO. The van der Waals surface area contributed by atoms with Gasteiger partial charge in [-0.3, -0.25) is 9.78 Å². The van der Waals surface area contributed by atoms with Crippen LogP contribution in [0.4, 0.5) is 0 Å². The van der Waals surface area contributed by atoms with E-state index in [9.17, 15) is 4.79 Å². The van der Waals surface area contributed by atoms with Gasteiger partial charge in [-0.15, -0.1) is 0 Å². The maximum absolute atomic E-state index is 12.2. The van der Waals surface area contributed by atoms with Gasteiger partial charge in [0, 0.05) is 17.1 Å². The molecule has 2 heteroatoms. The highest BCUT2D eigenvalue weighted by Crippen LogP contribution is 2.17. The number of aromatic nitrogens is 1. The van der Waals surface area contributed by atoms with Crippen molar-refractivity contribution in [3.05, 3.63) is 53.7 Å². The van der Waals surface area contributed by atoms with E-state index < -0.39 is 0 Å². The molecule has 86 valence electrons. The molecule has 0 spiro atoms. The third-order valence-corrected chi connectivity index (χ3v) is 2.89. The molecule has 0 radical (unpaired) electrons. The SMILES string of the molecule is C/C=C(/CC)C(=O)c1ccc2cccnc2c1. The van der Waals surface area contributed by atoms with Crippen LogP contribution in [-0.4, -0.2) is 10.8 Å². The van der Waals surface area contributed by atoms with Gasteiger partial charge in [0.2, 0.25) is 0 Å². The molecule has 1 aromatic heterocycles. The topological polar surface area (TPSA) is 30.0 Å². The Bertz CT molecular complexity index is 584. The molecule has 17 heavy (non-hydrogen) atoms. The zero-order valence-electron chi connectivity index (χ0n) is 10.1. The van der Waals surface area contributed by atoms with Gasteiger partial charge in [0.05, 0.1) is 5.52 Å². The molecule has 2 aromatic rings. The third-order valence-electron chi connectivity index (χ3n) is 2.89. The fourth-order valence-electron chi connectivity index (χ4n) is 1.89. The Labute approximate surface area is 101 Å². The molecule has 2 nitrogen and oxygen atoms in total. The van der Waals surface area contributed by atoms with E-state index in [-0.39, 0.29) is 5.78 Å². The number of ketones is 1. The number of Topliss-reactive ketones (excluding diaryl/α,β-unsaturated/α-hetero) is 1. The molecule has 1 aromatic carbocycles. The number of hydrogen-bond donors (Lipinski definition) is 0. The lowest BCUT2D eigenvalue weighted by Crippen LogP contribution is -2.02. The van der Waals surface area contributed by atoms with Crippen molar-refractivity contribution >= 4 is 16.7 Å². The van der Waals surface area contributed by atoms with E-state index in [0.717, 1.165) is 22.9 Å². The smallest absolute Gasteiger partial charge is 0.188 e. The second kappa shape index (κ2) is 4.91. The lowest BCUT2D eigenvalue weighted by Gasteiger charge is -2.04. The standard InChI is InChI=1S/C15H15NO/c1-3-11(4-2)15(17)13-8-7-12-6-5-9-16-14(12)10-13/h3,5-10H,4H2,1-2H3/b11-3-. The predicted molar refractivity (Wildman–Crippen MR) is 70.1 cm³/mol. The summed E-state index contributed by atoms with van der Waals surface area (Å²) in [5, 5.41) is 1.06. The Morgan fingerprint density at radius 1 is 1.35 bits per heavy atom. The van der Waals surface area contributed by atoms with Crippen LogP contribution in [0.15, 0.2) is 48.2 Å². The highest BCUT2D eigenvalue weighted by atomic mass is 16.1. The maximum atomic E-state index is 12.2. The van der Waals surface area contributed by atoms with Gasteiger partial charge in [-0.05, 0) is 31.1 Å². The lowest BCUT2D eigenvalue weighted by atomic mass is 10.00. The van der Waals surface area contributed by atoms with Crippen LogP contribution in [0.25, 0.3) is 10.9 Å². The van der Waals surface area contributed by atoms with Gasteiger partial charge >= 0.3 is 0 Å². The number of pyridine rings is 1. The largest absolute Gasteiger partial charge is 0.289 e. The normalized spacial score (nSPS) is 11.8. The molecule has 1 heterocycles. The van der Waals surface area contributed by atoms with Gasteiger partial charge in [-0.25, -0.2) is 0 Å². The molecule has 2 rings (SSSR count). The monoisotopic (exact) mass is 225 g/mol. The number of fused-ring (bicyclic) bond motifs is 1. The molecule has 0 aliphatic carbocycles. The lowest BCUT2D eigenvalue weighted by molar-refractivity contribution is 0.103. The molecular weight excluding hydrogens is 210 g/mol. The minimum atomic E-state index is 0.0996. The van der Waals surface area contributed by atoms with E-state index in [1.165, 1.54) is 0 Å².